The second-order valence-electron chi connectivity index (χ2n) is 8.84. The van der Waals surface area contributed by atoms with Crippen molar-refractivity contribution < 1.29 is 37.7 Å². The predicted octanol–water partition coefficient (Wildman–Crippen LogP) is 3.58. The van der Waals surface area contributed by atoms with Gasteiger partial charge in [-0.3, -0.25) is 14.4 Å². The van der Waals surface area contributed by atoms with Gasteiger partial charge in [-0.05, 0) is 36.6 Å². The van der Waals surface area contributed by atoms with Crippen molar-refractivity contribution in [3.63, 3.8) is 0 Å². The van der Waals surface area contributed by atoms with Gasteiger partial charge < -0.3 is 24.4 Å². The number of aliphatic carboxylic acids is 1. The van der Waals surface area contributed by atoms with Gasteiger partial charge in [0.1, 0.15) is 17.5 Å². The monoisotopic (exact) mass is 504 g/mol. The van der Waals surface area contributed by atoms with Crippen molar-refractivity contribution >= 4 is 17.8 Å². The second kappa shape index (κ2) is 11.8. The van der Waals surface area contributed by atoms with Crippen LogP contribution in [0.5, 0.6) is 11.5 Å². The fourth-order valence-electron chi connectivity index (χ4n) is 4.25. The molecule has 2 aromatic rings. The summed E-state index contributed by atoms with van der Waals surface area (Å²) < 4.78 is 38.3. The normalized spacial score (nSPS) is 16.2. The number of rotatable bonds is 9. The number of hydrogen-bond acceptors (Lipinski definition) is 5. The molecule has 2 aromatic carbocycles. The molecule has 194 valence electrons. The van der Waals surface area contributed by atoms with E-state index in [0.717, 1.165) is 25.0 Å². The van der Waals surface area contributed by atoms with E-state index < -0.39 is 30.1 Å². The van der Waals surface area contributed by atoms with Crippen LogP contribution in [0.4, 0.5) is 8.78 Å². The van der Waals surface area contributed by atoms with Gasteiger partial charge in [-0.2, -0.15) is 0 Å². The Morgan fingerprint density at radius 2 is 1.83 bits per heavy atom. The Labute approximate surface area is 208 Å². The summed E-state index contributed by atoms with van der Waals surface area (Å²) >= 11 is 0. The molecule has 3 rings (SSSR count). The Bertz CT molecular complexity index is 1110. The van der Waals surface area contributed by atoms with Gasteiger partial charge in [0.05, 0.1) is 20.1 Å². The number of nitrogens with zero attached hydrogens (tertiary/aromatic N) is 2. The number of halogens is 2. The largest absolute Gasteiger partial charge is 0.496 e. The summed E-state index contributed by atoms with van der Waals surface area (Å²) in [5.74, 6) is -3.06. The highest BCUT2D eigenvalue weighted by Gasteiger charge is 2.34. The van der Waals surface area contributed by atoms with Gasteiger partial charge in [-0.1, -0.05) is 12.1 Å². The van der Waals surface area contributed by atoms with Crippen LogP contribution >= 0.6 is 0 Å². The lowest BCUT2D eigenvalue weighted by Gasteiger charge is -2.36. The lowest BCUT2D eigenvalue weighted by atomic mass is 9.97. The third kappa shape index (κ3) is 6.50. The minimum absolute atomic E-state index is 0.0294. The SMILES string of the molecule is COc1cc(F)c(F)cc1-c1ccc(OCC2CCCN(C(=O)[C@H](CC(=O)O)N(C)C(C)=O)C2)cc1. The maximum absolute atomic E-state index is 13.7. The zero-order valence-electron chi connectivity index (χ0n) is 20.5. The van der Waals surface area contributed by atoms with Crippen molar-refractivity contribution in [2.45, 2.75) is 32.2 Å². The summed E-state index contributed by atoms with van der Waals surface area (Å²) in [6.07, 6.45) is 1.11. The summed E-state index contributed by atoms with van der Waals surface area (Å²) in [6, 6.07) is 7.89. The number of likely N-dealkylation sites (tertiary alicyclic amines) is 1. The molecule has 1 N–H and O–H groups in total. The van der Waals surface area contributed by atoms with E-state index in [4.69, 9.17) is 9.47 Å². The number of carbonyl (C=O) groups excluding carboxylic acids is 2. The molecule has 0 radical (unpaired) electrons. The number of hydrogen-bond donors (Lipinski definition) is 1. The molecule has 0 aliphatic carbocycles. The van der Waals surface area contributed by atoms with Gasteiger partial charge in [0, 0.05) is 44.6 Å². The molecule has 1 aliphatic rings. The van der Waals surface area contributed by atoms with Crippen LogP contribution in [0.25, 0.3) is 11.1 Å². The third-order valence-electron chi connectivity index (χ3n) is 6.34. The highest BCUT2D eigenvalue weighted by Crippen LogP contribution is 2.33. The van der Waals surface area contributed by atoms with Crippen LogP contribution in [-0.4, -0.2) is 72.6 Å². The topological polar surface area (TPSA) is 96.4 Å². The van der Waals surface area contributed by atoms with E-state index in [1.54, 1.807) is 29.2 Å². The Balaban J connectivity index is 1.63. The van der Waals surface area contributed by atoms with Crippen LogP contribution in [0.1, 0.15) is 26.2 Å². The van der Waals surface area contributed by atoms with Crippen molar-refractivity contribution in [1.29, 1.82) is 0 Å². The van der Waals surface area contributed by atoms with E-state index >= 15 is 0 Å². The Kier molecular flexibility index (Phi) is 8.84. The van der Waals surface area contributed by atoms with Crippen molar-refractivity contribution in [3.05, 3.63) is 48.0 Å². The number of carboxylic acids is 1. The van der Waals surface area contributed by atoms with E-state index in [2.05, 4.69) is 0 Å². The number of benzene rings is 2. The number of carboxylic acid groups (broad SMARTS) is 1. The molecule has 8 nitrogen and oxygen atoms in total. The van der Waals surface area contributed by atoms with E-state index in [9.17, 15) is 28.3 Å². The smallest absolute Gasteiger partial charge is 0.305 e. The van der Waals surface area contributed by atoms with Gasteiger partial charge in [-0.15, -0.1) is 0 Å². The fourth-order valence-corrected chi connectivity index (χ4v) is 4.25. The lowest BCUT2D eigenvalue weighted by molar-refractivity contribution is -0.150. The zero-order chi connectivity index (χ0) is 26.4. The first-order chi connectivity index (χ1) is 17.1. The van der Waals surface area contributed by atoms with Crippen LogP contribution < -0.4 is 9.47 Å². The zero-order valence-corrected chi connectivity index (χ0v) is 20.5. The van der Waals surface area contributed by atoms with E-state index in [1.807, 2.05) is 0 Å². The number of carbonyl (C=O) groups is 3. The molecule has 2 atom stereocenters. The minimum atomic E-state index is -1.15. The first-order valence-electron chi connectivity index (χ1n) is 11.6. The number of likely N-dealkylation sites (N-methyl/N-ethyl adjacent to an activating group) is 1. The Hall–Kier alpha value is -3.69. The second-order valence-corrected chi connectivity index (χ2v) is 8.84. The fraction of sp³-hybridized carbons (Fsp3) is 0.423. The van der Waals surface area contributed by atoms with Gasteiger partial charge in [-0.25, -0.2) is 8.78 Å². The predicted molar refractivity (Wildman–Crippen MR) is 128 cm³/mol. The average molecular weight is 505 g/mol. The molecular weight excluding hydrogens is 474 g/mol. The molecule has 0 bridgehead atoms. The number of ether oxygens (including phenoxy) is 2. The van der Waals surface area contributed by atoms with Crippen molar-refractivity contribution in [1.82, 2.24) is 9.80 Å². The summed E-state index contributed by atoms with van der Waals surface area (Å²) in [5.41, 5.74) is 1.04. The number of amides is 2. The first-order valence-corrected chi connectivity index (χ1v) is 11.6. The standard InChI is InChI=1S/C26H30F2N2O6/c1-16(31)29(2)23(13-25(32)33)26(34)30-10-4-5-17(14-30)15-36-19-8-6-18(7-9-19)20-11-21(27)22(28)12-24(20)35-3/h6-9,11-12,17,23H,4-5,10,13-15H2,1-3H3,(H,32,33)/t17?,23-/m0/s1. The summed E-state index contributed by atoms with van der Waals surface area (Å²) in [6.45, 7) is 2.51. The molecule has 1 heterocycles. The molecule has 1 fully saturated rings. The van der Waals surface area contributed by atoms with Crippen molar-refractivity contribution in [2.75, 3.05) is 33.9 Å². The summed E-state index contributed by atoms with van der Waals surface area (Å²) in [4.78, 5) is 38.8. The maximum atomic E-state index is 13.7. The van der Waals surface area contributed by atoms with Crippen molar-refractivity contribution in [2.24, 2.45) is 5.92 Å². The molecule has 10 heteroatoms. The van der Waals surface area contributed by atoms with E-state index in [-0.39, 0.29) is 23.5 Å². The maximum Gasteiger partial charge on any atom is 0.305 e. The first kappa shape index (κ1) is 26.9. The molecule has 1 saturated heterocycles. The Morgan fingerprint density at radius 1 is 1.17 bits per heavy atom. The van der Waals surface area contributed by atoms with Crippen LogP contribution in [0, 0.1) is 17.6 Å². The molecule has 1 unspecified atom stereocenters. The molecule has 2 amide bonds. The molecule has 0 saturated carbocycles. The van der Waals surface area contributed by atoms with Gasteiger partial charge in [0.15, 0.2) is 11.6 Å². The molecular formula is C26H30F2N2O6. The summed E-state index contributed by atoms with van der Waals surface area (Å²) in [5, 5.41) is 9.20. The molecule has 0 spiro atoms. The Morgan fingerprint density at radius 3 is 2.44 bits per heavy atom. The van der Waals surface area contributed by atoms with Crippen LogP contribution in [-0.2, 0) is 14.4 Å². The van der Waals surface area contributed by atoms with Gasteiger partial charge in [0.2, 0.25) is 11.8 Å². The quantitative estimate of drug-likeness (QED) is 0.561. The molecule has 36 heavy (non-hydrogen) atoms. The molecule has 1 aliphatic heterocycles. The number of methoxy groups -OCH3 is 1. The van der Waals surface area contributed by atoms with Gasteiger partial charge in [0.25, 0.3) is 0 Å². The highest BCUT2D eigenvalue weighted by molar-refractivity contribution is 5.90. The third-order valence-corrected chi connectivity index (χ3v) is 6.34. The summed E-state index contributed by atoms with van der Waals surface area (Å²) in [7, 11) is 2.81. The average Bonchev–Trinajstić information content (AvgIpc) is 2.87. The van der Waals surface area contributed by atoms with Gasteiger partial charge >= 0.3 is 5.97 Å². The van der Waals surface area contributed by atoms with Crippen LogP contribution in [0.2, 0.25) is 0 Å². The van der Waals surface area contributed by atoms with E-state index in [0.29, 0.717) is 36.6 Å². The van der Waals surface area contributed by atoms with Crippen molar-refractivity contribution in [3.8, 4) is 22.6 Å². The minimum Gasteiger partial charge on any atom is -0.496 e. The lowest BCUT2D eigenvalue weighted by Crippen LogP contribution is -2.52. The highest BCUT2D eigenvalue weighted by atomic mass is 19.2. The molecule has 0 aromatic heterocycles. The van der Waals surface area contributed by atoms with Crippen LogP contribution in [0.15, 0.2) is 36.4 Å². The van der Waals surface area contributed by atoms with E-state index in [1.165, 1.54) is 26.0 Å². The number of piperidine rings is 1. The van der Waals surface area contributed by atoms with Crippen LogP contribution in [0.3, 0.4) is 0 Å².